The largest absolute Gasteiger partial charge is 0.497 e. The van der Waals surface area contributed by atoms with Gasteiger partial charge in [0.2, 0.25) is 0 Å². The minimum Gasteiger partial charge on any atom is -0.497 e. The average molecular weight is 396 g/mol. The van der Waals surface area contributed by atoms with Crippen LogP contribution in [0.4, 0.5) is 0 Å². The Labute approximate surface area is 161 Å². The maximum atomic E-state index is 12.4. The third-order valence-corrected chi connectivity index (χ3v) is 6.40. The quantitative estimate of drug-likeness (QED) is 0.699. The fourth-order valence-corrected chi connectivity index (χ4v) is 4.76. The summed E-state index contributed by atoms with van der Waals surface area (Å²) in [7, 11) is 1.58. The number of ether oxygens (including phenoxy) is 2. The summed E-state index contributed by atoms with van der Waals surface area (Å²) in [6, 6.07) is 5.68. The summed E-state index contributed by atoms with van der Waals surface area (Å²) in [5.74, 6) is -0.00130. The number of hydrogen-bond acceptors (Lipinski definition) is 5. The van der Waals surface area contributed by atoms with Gasteiger partial charge in [0.05, 0.1) is 12.1 Å². The number of likely N-dealkylation sites (tertiary alicyclic amines) is 1. The van der Waals surface area contributed by atoms with Gasteiger partial charge in [-0.15, -0.1) is 11.3 Å². The van der Waals surface area contributed by atoms with Crippen molar-refractivity contribution in [3.8, 4) is 5.75 Å². The van der Waals surface area contributed by atoms with Gasteiger partial charge in [0.25, 0.3) is 5.91 Å². The van der Waals surface area contributed by atoms with Gasteiger partial charge in [0, 0.05) is 22.7 Å². The molecule has 1 saturated heterocycles. The topological polar surface area (TPSA) is 55.8 Å². The molecule has 5 nitrogen and oxygen atoms in total. The first-order valence-electron chi connectivity index (χ1n) is 8.77. The van der Waals surface area contributed by atoms with Gasteiger partial charge >= 0.3 is 5.97 Å². The third kappa shape index (κ3) is 3.81. The molecule has 3 rings (SSSR count). The molecule has 0 N–H and O–H groups in total. The molecule has 1 aliphatic rings. The van der Waals surface area contributed by atoms with E-state index >= 15 is 0 Å². The molecule has 26 heavy (non-hydrogen) atoms. The molecule has 0 radical (unpaired) electrons. The zero-order chi connectivity index (χ0) is 18.7. The lowest BCUT2D eigenvalue weighted by molar-refractivity contribution is -0.138. The van der Waals surface area contributed by atoms with Gasteiger partial charge < -0.3 is 14.4 Å². The highest BCUT2D eigenvalue weighted by molar-refractivity contribution is 7.21. The summed E-state index contributed by atoms with van der Waals surface area (Å²) in [6.45, 7) is 2.56. The fraction of sp³-hybridized carbons (Fsp3) is 0.474. The lowest BCUT2D eigenvalue weighted by Gasteiger charge is -2.35. The predicted octanol–water partition coefficient (Wildman–Crippen LogP) is 4.51. The monoisotopic (exact) mass is 395 g/mol. The van der Waals surface area contributed by atoms with Crippen LogP contribution in [0.2, 0.25) is 5.02 Å². The van der Waals surface area contributed by atoms with Crippen LogP contribution in [0.15, 0.2) is 18.2 Å². The molecule has 0 aliphatic carbocycles. The number of rotatable bonds is 5. The zero-order valence-corrected chi connectivity index (χ0v) is 16.5. The summed E-state index contributed by atoms with van der Waals surface area (Å²) in [5, 5.41) is 1.13. The first kappa shape index (κ1) is 19.0. The number of nitrogens with zero attached hydrogens (tertiary/aromatic N) is 1. The van der Waals surface area contributed by atoms with Crippen molar-refractivity contribution in [2.75, 3.05) is 20.3 Å². The second kappa shape index (κ2) is 8.27. The molecule has 2 heterocycles. The van der Waals surface area contributed by atoms with Gasteiger partial charge in [-0.1, -0.05) is 18.5 Å². The number of carbonyl (C=O) groups is 2. The molecule has 1 fully saturated rings. The van der Waals surface area contributed by atoms with E-state index in [0.29, 0.717) is 15.6 Å². The Morgan fingerprint density at radius 1 is 1.35 bits per heavy atom. The molecule has 0 spiro atoms. The van der Waals surface area contributed by atoms with Crippen molar-refractivity contribution in [1.82, 2.24) is 4.90 Å². The molecule has 2 aromatic rings. The molecular formula is C19H22ClNO4S. The average Bonchev–Trinajstić information content (AvgIpc) is 3.01. The standard InChI is InChI=1S/C19H22ClNO4S/c1-3-12-6-4-5-9-21(12)16(22)11-25-19(23)18-17(20)14-8-7-13(24-2)10-15(14)26-18/h7-8,10,12H,3-6,9,11H2,1-2H3. The minimum absolute atomic E-state index is 0.135. The molecule has 7 heteroatoms. The third-order valence-electron chi connectivity index (χ3n) is 4.77. The van der Waals surface area contributed by atoms with Crippen molar-refractivity contribution in [3.05, 3.63) is 28.1 Å². The maximum Gasteiger partial charge on any atom is 0.350 e. The van der Waals surface area contributed by atoms with Crippen molar-refractivity contribution < 1.29 is 19.1 Å². The second-order valence-corrected chi connectivity index (χ2v) is 7.76. The van der Waals surface area contributed by atoms with Crippen LogP contribution in [0.3, 0.4) is 0 Å². The number of halogens is 1. The number of hydrogen-bond donors (Lipinski definition) is 0. The lowest BCUT2D eigenvalue weighted by atomic mass is 10.00. The smallest absolute Gasteiger partial charge is 0.350 e. The van der Waals surface area contributed by atoms with E-state index < -0.39 is 5.97 Å². The summed E-state index contributed by atoms with van der Waals surface area (Å²) in [6.07, 6.45) is 4.08. The number of methoxy groups -OCH3 is 1. The SMILES string of the molecule is CCC1CCCCN1C(=O)COC(=O)c1sc2cc(OC)ccc2c1Cl. The summed E-state index contributed by atoms with van der Waals surface area (Å²) < 4.78 is 11.3. The van der Waals surface area contributed by atoms with Crippen molar-refractivity contribution in [1.29, 1.82) is 0 Å². The van der Waals surface area contributed by atoms with E-state index in [1.165, 1.54) is 11.3 Å². The van der Waals surface area contributed by atoms with Crippen molar-refractivity contribution in [3.63, 3.8) is 0 Å². The minimum atomic E-state index is -0.562. The van der Waals surface area contributed by atoms with Crippen molar-refractivity contribution in [2.24, 2.45) is 0 Å². The Hall–Kier alpha value is -1.79. The predicted molar refractivity (Wildman–Crippen MR) is 103 cm³/mol. The fourth-order valence-electron chi connectivity index (χ4n) is 3.33. The highest BCUT2D eigenvalue weighted by Gasteiger charge is 2.27. The van der Waals surface area contributed by atoms with Gasteiger partial charge in [-0.25, -0.2) is 4.79 Å². The van der Waals surface area contributed by atoms with E-state index in [2.05, 4.69) is 6.92 Å². The van der Waals surface area contributed by atoms with Crippen LogP contribution in [0, 0.1) is 0 Å². The number of piperidine rings is 1. The molecule has 1 aliphatic heterocycles. The molecule has 1 aromatic heterocycles. The molecule has 0 bridgehead atoms. The summed E-state index contributed by atoms with van der Waals surface area (Å²) >= 11 is 7.57. The number of thiophene rings is 1. The van der Waals surface area contributed by atoms with Crippen LogP contribution in [0.5, 0.6) is 5.75 Å². The van der Waals surface area contributed by atoms with Gasteiger partial charge in [-0.05, 0) is 43.9 Å². The molecule has 1 unspecified atom stereocenters. The van der Waals surface area contributed by atoms with Crippen LogP contribution in [0.25, 0.3) is 10.1 Å². The van der Waals surface area contributed by atoms with Crippen molar-refractivity contribution in [2.45, 2.75) is 38.6 Å². The van der Waals surface area contributed by atoms with Gasteiger partial charge in [0.1, 0.15) is 10.6 Å². The zero-order valence-electron chi connectivity index (χ0n) is 14.9. The highest BCUT2D eigenvalue weighted by atomic mass is 35.5. The van der Waals surface area contributed by atoms with Crippen LogP contribution in [0.1, 0.15) is 42.3 Å². The van der Waals surface area contributed by atoms with E-state index in [4.69, 9.17) is 21.1 Å². The normalized spacial score (nSPS) is 17.3. The Bertz CT molecular complexity index is 819. The second-order valence-electron chi connectivity index (χ2n) is 6.33. The maximum absolute atomic E-state index is 12.4. The van der Waals surface area contributed by atoms with Gasteiger partial charge in [0.15, 0.2) is 6.61 Å². The Morgan fingerprint density at radius 3 is 2.88 bits per heavy atom. The lowest BCUT2D eigenvalue weighted by Crippen LogP contribution is -2.45. The number of fused-ring (bicyclic) bond motifs is 1. The van der Waals surface area contributed by atoms with Gasteiger partial charge in [-0.2, -0.15) is 0 Å². The van der Waals surface area contributed by atoms with Crippen LogP contribution in [-0.2, 0) is 9.53 Å². The van der Waals surface area contributed by atoms with Gasteiger partial charge in [-0.3, -0.25) is 4.79 Å². The van der Waals surface area contributed by atoms with Crippen LogP contribution in [-0.4, -0.2) is 43.1 Å². The number of carbonyl (C=O) groups excluding carboxylic acids is 2. The van der Waals surface area contributed by atoms with Crippen molar-refractivity contribution >= 4 is 44.9 Å². The molecular weight excluding hydrogens is 374 g/mol. The molecule has 1 atom stereocenters. The Kier molecular flexibility index (Phi) is 6.04. The van der Waals surface area contributed by atoms with Crippen LogP contribution < -0.4 is 4.74 Å². The molecule has 140 valence electrons. The molecule has 0 saturated carbocycles. The van der Waals surface area contributed by atoms with E-state index in [1.807, 2.05) is 17.0 Å². The number of esters is 1. The van der Waals surface area contributed by atoms with E-state index in [1.54, 1.807) is 13.2 Å². The highest BCUT2D eigenvalue weighted by Crippen LogP contribution is 2.37. The first-order chi connectivity index (χ1) is 12.5. The Balaban J connectivity index is 1.69. The van der Waals surface area contributed by atoms with Crippen LogP contribution >= 0.6 is 22.9 Å². The Morgan fingerprint density at radius 2 is 2.15 bits per heavy atom. The molecule has 1 aromatic carbocycles. The van der Waals surface area contributed by atoms with E-state index in [-0.39, 0.29) is 18.6 Å². The number of amides is 1. The first-order valence-corrected chi connectivity index (χ1v) is 9.97. The molecule has 1 amide bonds. The summed E-state index contributed by atoms with van der Waals surface area (Å²) in [4.78, 5) is 27.0. The van der Waals surface area contributed by atoms with E-state index in [0.717, 1.165) is 42.3 Å². The number of benzene rings is 1. The van der Waals surface area contributed by atoms with E-state index in [9.17, 15) is 9.59 Å². The summed E-state index contributed by atoms with van der Waals surface area (Å²) in [5.41, 5.74) is 0.